The number of nitrogens with one attached hydrogen (secondary N) is 1. The second kappa shape index (κ2) is 7.46. The minimum absolute atomic E-state index is 0.0179. The third-order valence-corrected chi connectivity index (χ3v) is 4.17. The van der Waals surface area contributed by atoms with Crippen LogP contribution in [0.15, 0.2) is 30.3 Å². The zero-order chi connectivity index (χ0) is 15.2. The Morgan fingerprint density at radius 2 is 2.10 bits per heavy atom. The molecule has 1 aliphatic rings. The van der Waals surface area contributed by atoms with E-state index in [4.69, 9.17) is 0 Å². The Balaban J connectivity index is 2.02. The molecular formula is C17H26N2O2. The summed E-state index contributed by atoms with van der Waals surface area (Å²) >= 11 is 0. The monoisotopic (exact) mass is 290 g/mol. The van der Waals surface area contributed by atoms with Crippen LogP contribution in [0.3, 0.4) is 0 Å². The Bertz CT molecular complexity index is 447. The summed E-state index contributed by atoms with van der Waals surface area (Å²) in [6, 6.07) is 10.1. The van der Waals surface area contributed by atoms with Crippen molar-refractivity contribution in [3.05, 3.63) is 35.9 Å². The lowest BCUT2D eigenvalue weighted by Crippen LogP contribution is -2.47. The fraction of sp³-hybridized carbons (Fsp3) is 0.588. The third-order valence-electron chi connectivity index (χ3n) is 4.17. The summed E-state index contributed by atoms with van der Waals surface area (Å²) in [4.78, 5) is 14.3. The lowest BCUT2D eigenvalue weighted by atomic mass is 9.96. The summed E-state index contributed by atoms with van der Waals surface area (Å²) in [5.41, 5.74) is 1.14. The van der Waals surface area contributed by atoms with Crippen molar-refractivity contribution < 1.29 is 9.90 Å². The van der Waals surface area contributed by atoms with E-state index < -0.39 is 0 Å². The van der Waals surface area contributed by atoms with Gasteiger partial charge in [0.2, 0.25) is 0 Å². The highest BCUT2D eigenvalue weighted by Crippen LogP contribution is 2.23. The lowest BCUT2D eigenvalue weighted by molar-refractivity contribution is 0.126. The number of urea groups is 1. The predicted octanol–water partition coefficient (Wildman–Crippen LogP) is 2.80. The van der Waals surface area contributed by atoms with Crippen molar-refractivity contribution >= 4 is 6.03 Å². The molecule has 0 spiro atoms. The Hall–Kier alpha value is -1.55. The Kier molecular flexibility index (Phi) is 5.62. The normalized spacial score (nSPS) is 20.4. The van der Waals surface area contributed by atoms with E-state index in [1.807, 2.05) is 23.1 Å². The second-order valence-corrected chi connectivity index (χ2v) is 6.22. The number of hydrogen-bond donors (Lipinski definition) is 2. The highest BCUT2D eigenvalue weighted by molar-refractivity contribution is 5.75. The molecule has 2 N–H and O–H groups in total. The van der Waals surface area contributed by atoms with Crippen molar-refractivity contribution in [2.45, 2.75) is 32.7 Å². The number of hydrogen-bond acceptors (Lipinski definition) is 2. The van der Waals surface area contributed by atoms with Crippen LogP contribution in [-0.2, 0) is 0 Å². The van der Waals surface area contributed by atoms with E-state index in [2.05, 4.69) is 31.3 Å². The number of aliphatic hydroxyl groups is 1. The van der Waals surface area contributed by atoms with Gasteiger partial charge in [-0.3, -0.25) is 0 Å². The number of piperidine rings is 1. The highest BCUT2D eigenvalue weighted by atomic mass is 16.3. The van der Waals surface area contributed by atoms with Crippen molar-refractivity contribution in [1.82, 2.24) is 10.2 Å². The van der Waals surface area contributed by atoms with Crippen molar-refractivity contribution in [2.75, 3.05) is 19.7 Å². The summed E-state index contributed by atoms with van der Waals surface area (Å²) in [7, 11) is 0. The molecule has 4 nitrogen and oxygen atoms in total. The van der Waals surface area contributed by atoms with Crippen LogP contribution in [0.25, 0.3) is 0 Å². The second-order valence-electron chi connectivity index (χ2n) is 6.22. The average molecular weight is 290 g/mol. The molecule has 1 aliphatic heterocycles. The number of aliphatic hydroxyl groups excluding tert-OH is 1. The minimum Gasteiger partial charge on any atom is -0.396 e. The molecule has 0 radical (unpaired) electrons. The molecular weight excluding hydrogens is 264 g/mol. The molecule has 1 fully saturated rings. The fourth-order valence-electron chi connectivity index (χ4n) is 2.92. The average Bonchev–Trinajstić information content (AvgIpc) is 2.53. The van der Waals surface area contributed by atoms with Crippen molar-refractivity contribution in [2.24, 2.45) is 11.8 Å². The predicted molar refractivity (Wildman–Crippen MR) is 83.9 cm³/mol. The van der Waals surface area contributed by atoms with E-state index in [1.54, 1.807) is 0 Å². The van der Waals surface area contributed by atoms with Crippen LogP contribution in [0.2, 0.25) is 0 Å². The van der Waals surface area contributed by atoms with Crippen LogP contribution in [0.1, 0.15) is 38.3 Å². The molecule has 1 saturated heterocycles. The van der Waals surface area contributed by atoms with Gasteiger partial charge in [-0.05, 0) is 30.2 Å². The molecule has 0 saturated carbocycles. The van der Waals surface area contributed by atoms with Gasteiger partial charge in [0.1, 0.15) is 0 Å². The van der Waals surface area contributed by atoms with E-state index in [1.165, 1.54) is 0 Å². The maximum absolute atomic E-state index is 12.5. The van der Waals surface area contributed by atoms with Gasteiger partial charge in [0, 0.05) is 19.7 Å². The Labute approximate surface area is 127 Å². The van der Waals surface area contributed by atoms with Crippen LogP contribution in [0, 0.1) is 11.8 Å². The van der Waals surface area contributed by atoms with Crippen molar-refractivity contribution in [1.29, 1.82) is 0 Å². The van der Waals surface area contributed by atoms with E-state index in [0.717, 1.165) is 24.9 Å². The summed E-state index contributed by atoms with van der Waals surface area (Å²) in [6.45, 7) is 5.83. The number of likely N-dealkylation sites (tertiary alicyclic amines) is 1. The summed E-state index contributed by atoms with van der Waals surface area (Å²) in [6.07, 6.45) is 1.98. The fourth-order valence-corrected chi connectivity index (χ4v) is 2.92. The maximum atomic E-state index is 12.5. The van der Waals surface area contributed by atoms with Gasteiger partial charge in [0.25, 0.3) is 0 Å². The van der Waals surface area contributed by atoms with Gasteiger partial charge < -0.3 is 15.3 Å². The molecule has 116 valence electrons. The maximum Gasteiger partial charge on any atom is 0.317 e. The standard InChI is InChI=1S/C17H26N2O2/c1-13(2)16(15-8-4-3-5-9-15)18-17(21)19-10-6-7-14(11-19)12-20/h3-5,8-9,13-14,16,20H,6-7,10-12H2,1-2H3,(H,18,21). The minimum atomic E-state index is -0.0179. The molecule has 0 aliphatic carbocycles. The van der Waals surface area contributed by atoms with Crippen molar-refractivity contribution in [3.8, 4) is 0 Å². The van der Waals surface area contributed by atoms with Gasteiger partial charge in [0.15, 0.2) is 0 Å². The number of rotatable bonds is 4. The molecule has 2 amide bonds. The van der Waals surface area contributed by atoms with Crippen LogP contribution < -0.4 is 5.32 Å². The molecule has 0 bridgehead atoms. The molecule has 2 unspecified atom stereocenters. The van der Waals surface area contributed by atoms with Gasteiger partial charge in [-0.1, -0.05) is 44.2 Å². The van der Waals surface area contributed by atoms with Gasteiger partial charge in [-0.2, -0.15) is 0 Å². The zero-order valence-corrected chi connectivity index (χ0v) is 13.0. The number of carbonyl (C=O) groups is 1. The van der Waals surface area contributed by atoms with Gasteiger partial charge in [0.05, 0.1) is 6.04 Å². The summed E-state index contributed by atoms with van der Waals surface area (Å²) in [5.74, 6) is 0.550. The van der Waals surface area contributed by atoms with Crippen molar-refractivity contribution in [3.63, 3.8) is 0 Å². The first-order valence-corrected chi connectivity index (χ1v) is 7.83. The first-order chi connectivity index (χ1) is 10.1. The lowest BCUT2D eigenvalue weighted by Gasteiger charge is -2.34. The first kappa shape index (κ1) is 15.8. The van der Waals surface area contributed by atoms with Gasteiger partial charge >= 0.3 is 6.03 Å². The van der Waals surface area contributed by atoms with Gasteiger partial charge in [-0.25, -0.2) is 4.79 Å². The van der Waals surface area contributed by atoms with E-state index >= 15 is 0 Å². The molecule has 1 aromatic carbocycles. The molecule has 4 heteroatoms. The number of amides is 2. The zero-order valence-electron chi connectivity index (χ0n) is 13.0. The number of benzene rings is 1. The topological polar surface area (TPSA) is 52.6 Å². The van der Waals surface area contributed by atoms with E-state index in [9.17, 15) is 9.90 Å². The highest BCUT2D eigenvalue weighted by Gasteiger charge is 2.26. The molecule has 1 heterocycles. The number of nitrogens with zero attached hydrogens (tertiary/aromatic N) is 1. The molecule has 1 aromatic rings. The molecule has 21 heavy (non-hydrogen) atoms. The van der Waals surface area contributed by atoms with Crippen LogP contribution in [-0.4, -0.2) is 35.7 Å². The smallest absolute Gasteiger partial charge is 0.317 e. The van der Waals surface area contributed by atoms with Crippen LogP contribution in [0.5, 0.6) is 0 Å². The van der Waals surface area contributed by atoms with E-state index in [-0.39, 0.29) is 24.6 Å². The van der Waals surface area contributed by atoms with Crippen LogP contribution >= 0.6 is 0 Å². The van der Waals surface area contributed by atoms with Crippen LogP contribution in [0.4, 0.5) is 4.79 Å². The quantitative estimate of drug-likeness (QED) is 0.896. The largest absolute Gasteiger partial charge is 0.396 e. The summed E-state index contributed by atoms with van der Waals surface area (Å²) < 4.78 is 0. The molecule has 0 aromatic heterocycles. The third kappa shape index (κ3) is 4.21. The molecule has 2 rings (SSSR count). The SMILES string of the molecule is CC(C)C(NC(=O)N1CCCC(CO)C1)c1ccccc1. The Morgan fingerprint density at radius 3 is 2.71 bits per heavy atom. The Morgan fingerprint density at radius 1 is 1.38 bits per heavy atom. The van der Waals surface area contributed by atoms with E-state index in [0.29, 0.717) is 12.5 Å². The van der Waals surface area contributed by atoms with Gasteiger partial charge in [-0.15, -0.1) is 0 Å². The number of carbonyl (C=O) groups excluding carboxylic acids is 1. The summed E-state index contributed by atoms with van der Waals surface area (Å²) in [5, 5.41) is 12.4. The molecule has 2 atom stereocenters. The first-order valence-electron chi connectivity index (χ1n) is 7.83.